The molecule has 2 heterocycles. The number of para-hydroxylation sites is 2. The van der Waals surface area contributed by atoms with Crippen molar-refractivity contribution in [3.05, 3.63) is 95.0 Å². The van der Waals surface area contributed by atoms with Crippen molar-refractivity contribution in [1.82, 2.24) is 19.9 Å². The number of halogens is 1. The number of methoxy groups -OCH3 is 2. The number of nitrogens with zero attached hydrogens (tertiary/aromatic N) is 6. The molecule has 0 bridgehead atoms. The van der Waals surface area contributed by atoms with Gasteiger partial charge in [-0.25, -0.2) is 19.9 Å². The first-order valence-corrected chi connectivity index (χ1v) is 14.9. The van der Waals surface area contributed by atoms with Crippen molar-refractivity contribution >= 4 is 49.4 Å². The maximum Gasteiger partial charge on any atom is 0.165 e. The van der Waals surface area contributed by atoms with Crippen molar-refractivity contribution in [3.63, 3.8) is 0 Å². The summed E-state index contributed by atoms with van der Waals surface area (Å²) in [6.45, 7) is 2.05. The fourth-order valence-electron chi connectivity index (χ4n) is 4.89. The predicted octanol–water partition coefficient (Wildman–Crippen LogP) is 7.81. The fourth-order valence-corrected chi connectivity index (χ4v) is 5.26. The lowest BCUT2D eigenvalue weighted by atomic mass is 10.1. The Morgan fingerprint density at radius 3 is 1.50 bits per heavy atom. The summed E-state index contributed by atoms with van der Waals surface area (Å²) in [5, 5.41) is 2.08. The lowest BCUT2D eigenvalue weighted by Crippen LogP contribution is -2.12. The van der Waals surface area contributed by atoms with Crippen LogP contribution in [0.3, 0.4) is 0 Å². The highest BCUT2D eigenvalue weighted by molar-refractivity contribution is 9.10. The van der Waals surface area contributed by atoms with E-state index in [1.54, 1.807) is 14.2 Å². The van der Waals surface area contributed by atoms with Crippen molar-refractivity contribution in [2.24, 2.45) is 0 Å². The van der Waals surface area contributed by atoms with E-state index < -0.39 is 0 Å². The van der Waals surface area contributed by atoms with Crippen LogP contribution in [0.25, 0.3) is 44.6 Å². The molecule has 0 atom stereocenters. The van der Waals surface area contributed by atoms with Gasteiger partial charge >= 0.3 is 0 Å². The Balaban J connectivity index is 0.000000175. The van der Waals surface area contributed by atoms with Gasteiger partial charge < -0.3 is 19.3 Å². The number of benzene rings is 4. The molecule has 0 unspecified atom stereocenters. The first-order valence-electron chi connectivity index (χ1n) is 14.1. The predicted molar refractivity (Wildman–Crippen MR) is 184 cm³/mol. The smallest absolute Gasteiger partial charge is 0.165 e. The van der Waals surface area contributed by atoms with Gasteiger partial charge in [0.05, 0.1) is 36.4 Å². The van der Waals surface area contributed by atoms with E-state index in [2.05, 4.69) is 28.9 Å². The number of aryl methyl sites for hydroxylation is 1. The maximum absolute atomic E-state index is 5.47. The first-order chi connectivity index (χ1) is 21.2. The second-order valence-corrected chi connectivity index (χ2v) is 11.5. The van der Waals surface area contributed by atoms with Crippen molar-refractivity contribution in [2.75, 3.05) is 52.2 Å². The summed E-state index contributed by atoms with van der Waals surface area (Å²) in [5.41, 5.74) is 4.78. The number of aromatic nitrogens is 4. The third-order valence-corrected chi connectivity index (χ3v) is 7.50. The van der Waals surface area contributed by atoms with Crippen LogP contribution < -0.4 is 19.3 Å². The number of hydrogen-bond acceptors (Lipinski definition) is 8. The van der Waals surface area contributed by atoms with E-state index in [0.717, 1.165) is 66.1 Å². The number of hydrogen-bond donors (Lipinski definition) is 0. The lowest BCUT2D eigenvalue weighted by molar-refractivity contribution is 0.416. The average molecular weight is 652 g/mol. The van der Waals surface area contributed by atoms with Gasteiger partial charge in [-0.3, -0.25) is 0 Å². The second kappa shape index (κ2) is 13.3. The quantitative estimate of drug-likeness (QED) is 0.181. The molecule has 0 N–H and O–H groups in total. The van der Waals surface area contributed by atoms with E-state index in [4.69, 9.17) is 29.4 Å². The van der Waals surface area contributed by atoms with Gasteiger partial charge in [0.15, 0.2) is 11.6 Å². The van der Waals surface area contributed by atoms with Crippen molar-refractivity contribution in [2.45, 2.75) is 6.92 Å². The summed E-state index contributed by atoms with van der Waals surface area (Å²) in [5.74, 6) is 4.67. The topological polar surface area (TPSA) is 76.5 Å². The number of ether oxygens (including phenoxy) is 2. The molecule has 0 spiro atoms. The highest BCUT2D eigenvalue weighted by Gasteiger charge is 2.16. The molecule has 224 valence electrons. The molecule has 2 aromatic heterocycles. The van der Waals surface area contributed by atoms with Gasteiger partial charge in [0.2, 0.25) is 0 Å². The molecule has 0 saturated carbocycles. The highest BCUT2D eigenvalue weighted by atomic mass is 79.9. The number of fused-ring (bicyclic) bond motifs is 2. The zero-order chi connectivity index (χ0) is 31.4. The number of rotatable bonds is 6. The Morgan fingerprint density at radius 1 is 0.568 bits per heavy atom. The van der Waals surface area contributed by atoms with E-state index in [0.29, 0.717) is 11.6 Å². The Morgan fingerprint density at radius 2 is 1.02 bits per heavy atom. The third kappa shape index (κ3) is 6.43. The van der Waals surface area contributed by atoms with E-state index in [-0.39, 0.29) is 0 Å². The third-order valence-electron chi connectivity index (χ3n) is 7.01. The van der Waals surface area contributed by atoms with E-state index in [9.17, 15) is 0 Å². The molecule has 6 aromatic rings. The summed E-state index contributed by atoms with van der Waals surface area (Å²) in [6.07, 6.45) is 0. The van der Waals surface area contributed by atoms with E-state index in [1.165, 1.54) is 0 Å². The van der Waals surface area contributed by atoms with Crippen molar-refractivity contribution < 1.29 is 9.47 Å². The van der Waals surface area contributed by atoms with E-state index in [1.807, 2.05) is 117 Å². The molecule has 0 aliphatic rings. The Bertz CT molecular complexity index is 1800. The minimum absolute atomic E-state index is 0.653. The number of anilines is 2. The maximum atomic E-state index is 5.47. The molecule has 0 aliphatic carbocycles. The van der Waals surface area contributed by atoms with Crippen LogP contribution >= 0.6 is 15.9 Å². The normalized spacial score (nSPS) is 10.7. The summed E-state index contributed by atoms with van der Waals surface area (Å²) in [6, 6.07) is 27.9. The second-order valence-electron chi connectivity index (χ2n) is 10.6. The van der Waals surface area contributed by atoms with Crippen molar-refractivity contribution in [1.29, 1.82) is 0 Å². The fraction of sp³-hybridized carbons (Fsp3) is 0.200. The Kier molecular flexibility index (Phi) is 9.25. The zero-order valence-corrected chi connectivity index (χ0v) is 27.5. The summed E-state index contributed by atoms with van der Waals surface area (Å²) < 4.78 is 11.9. The van der Waals surface area contributed by atoms with Gasteiger partial charge in [-0.15, -0.1) is 0 Å². The Hall–Kier alpha value is -4.76. The minimum atomic E-state index is 0.653. The van der Waals surface area contributed by atoms with Crippen LogP contribution in [-0.4, -0.2) is 62.3 Å². The van der Waals surface area contributed by atoms with Gasteiger partial charge in [-0.05, 0) is 61.5 Å². The van der Waals surface area contributed by atoms with Crippen LogP contribution in [0.5, 0.6) is 11.5 Å². The molecule has 44 heavy (non-hydrogen) atoms. The van der Waals surface area contributed by atoms with Crippen LogP contribution in [-0.2, 0) is 0 Å². The van der Waals surface area contributed by atoms with Crippen LogP contribution in [0.4, 0.5) is 11.6 Å². The van der Waals surface area contributed by atoms with Crippen LogP contribution in [0.2, 0.25) is 0 Å². The summed E-state index contributed by atoms with van der Waals surface area (Å²) >= 11 is 3.50. The molecule has 0 saturated heterocycles. The molecule has 4 aromatic carbocycles. The standard InChI is InChI=1S/C18H19N3O.C17H16BrN3O/c1-12-9-10-16(22-4)14(11-12)17-19-15-8-6-5-7-13(15)18(20-17)21(2)3;1-21(2)17-12-6-4-5-7-14(12)19-16(20-17)13-10-11(18)8-9-15(13)22-3/h5-11H,1-4H3;4-10H,1-3H3. The lowest BCUT2D eigenvalue weighted by Gasteiger charge is -2.16. The molecular weight excluding hydrogens is 616 g/mol. The van der Waals surface area contributed by atoms with Gasteiger partial charge in [-0.1, -0.05) is 51.8 Å². The van der Waals surface area contributed by atoms with E-state index >= 15 is 0 Å². The molecule has 6 rings (SSSR count). The summed E-state index contributed by atoms with van der Waals surface area (Å²) in [7, 11) is 11.3. The molecule has 0 aliphatic heterocycles. The molecule has 9 heteroatoms. The van der Waals surface area contributed by atoms with Gasteiger partial charge in [0, 0.05) is 43.4 Å². The molecule has 0 amide bonds. The molecular formula is C35H35BrN6O2. The van der Waals surface area contributed by atoms with Gasteiger partial charge in [0.25, 0.3) is 0 Å². The minimum Gasteiger partial charge on any atom is -0.496 e. The first kappa shape index (κ1) is 30.7. The molecule has 8 nitrogen and oxygen atoms in total. The zero-order valence-electron chi connectivity index (χ0n) is 26.0. The van der Waals surface area contributed by atoms with Crippen LogP contribution in [0, 0.1) is 6.92 Å². The SMILES string of the molecule is COc1ccc(Br)cc1-c1nc(N(C)C)c2ccccc2n1.COc1ccc(C)cc1-c1nc(N(C)C)c2ccccc2n1. The molecule has 0 fully saturated rings. The monoisotopic (exact) mass is 650 g/mol. The van der Waals surface area contributed by atoms with Crippen LogP contribution in [0.1, 0.15) is 5.56 Å². The average Bonchev–Trinajstić information content (AvgIpc) is 3.03. The largest absolute Gasteiger partial charge is 0.496 e. The van der Waals surface area contributed by atoms with Gasteiger partial charge in [0.1, 0.15) is 23.1 Å². The van der Waals surface area contributed by atoms with Gasteiger partial charge in [-0.2, -0.15) is 0 Å². The molecule has 0 radical (unpaired) electrons. The van der Waals surface area contributed by atoms with Crippen molar-refractivity contribution in [3.8, 4) is 34.3 Å². The highest BCUT2D eigenvalue weighted by Crippen LogP contribution is 2.34. The summed E-state index contributed by atoms with van der Waals surface area (Å²) in [4.78, 5) is 22.9. The van der Waals surface area contributed by atoms with Crippen LogP contribution in [0.15, 0.2) is 89.4 Å². The Labute approximate surface area is 266 Å².